The van der Waals surface area contributed by atoms with E-state index in [1.807, 2.05) is 0 Å². The Balaban J connectivity index is 1.15. The van der Waals surface area contributed by atoms with Crippen LogP contribution in [0.15, 0.2) is 76.0 Å². The van der Waals surface area contributed by atoms with Crippen LogP contribution in [0.1, 0.15) is 5.56 Å². The molecular formula is C43H42O26. The number of rotatable bonds is 14. The molecule has 26 heteroatoms. The van der Waals surface area contributed by atoms with Gasteiger partial charge in [-0.3, -0.25) is 4.79 Å². The molecule has 0 aliphatic carbocycles. The minimum absolute atomic E-state index is 0.0413. The predicted octanol–water partition coefficient (Wildman–Crippen LogP) is -2.40. The topological polar surface area (TPSA) is 415 Å². The molecule has 0 saturated carbocycles. The molecule has 0 spiro atoms. The predicted molar refractivity (Wildman–Crippen MR) is 220 cm³/mol. The van der Waals surface area contributed by atoms with Crippen LogP contribution in [-0.2, 0) is 42.9 Å². The lowest BCUT2D eigenvalue weighted by atomic mass is 9.96. The number of carbonyl (C=O) groups excluding carboxylic acids is 1. The Morgan fingerprint density at radius 1 is 0.594 bits per heavy atom. The number of fused-ring (bicyclic) bond motifs is 1. The number of ether oxygens (including phenoxy) is 8. The molecule has 0 unspecified atom stereocenters. The third-order valence-corrected chi connectivity index (χ3v) is 11.0. The summed E-state index contributed by atoms with van der Waals surface area (Å²) in [5.74, 6) is -8.15. The molecule has 26 nitrogen and oxygen atoms in total. The van der Waals surface area contributed by atoms with Gasteiger partial charge in [-0.2, -0.15) is 0 Å². The molecule has 4 heterocycles. The van der Waals surface area contributed by atoms with Crippen LogP contribution in [0.3, 0.4) is 0 Å². The first-order chi connectivity index (χ1) is 32.7. The van der Waals surface area contributed by atoms with E-state index >= 15 is 0 Å². The molecule has 3 aliphatic rings. The fourth-order valence-electron chi connectivity index (χ4n) is 7.42. The zero-order valence-electron chi connectivity index (χ0n) is 35.2. The average Bonchev–Trinajstić information content (AvgIpc) is 3.30. The van der Waals surface area contributed by atoms with Crippen LogP contribution in [0.4, 0.5) is 0 Å². The highest BCUT2D eigenvalue weighted by molar-refractivity contribution is 5.88. The number of aliphatic hydroxyl groups excluding tert-OH is 7. The first-order valence-electron chi connectivity index (χ1n) is 20.2. The Hall–Kier alpha value is -6.95. The Kier molecular flexibility index (Phi) is 14.7. The number of aliphatic hydroxyl groups is 7. The number of carboxylic acids is 3. The van der Waals surface area contributed by atoms with Crippen LogP contribution in [-0.4, -0.2) is 184 Å². The molecule has 3 aromatic carbocycles. The van der Waals surface area contributed by atoms with Gasteiger partial charge in [0.05, 0.1) is 7.11 Å². The van der Waals surface area contributed by atoms with Gasteiger partial charge in [-0.25, -0.2) is 19.2 Å². The minimum Gasteiger partial charge on any atom is -0.507 e. The number of phenols is 2. The molecule has 12 N–H and O–H groups in total. The normalized spacial score (nSPS) is 31.4. The first kappa shape index (κ1) is 49.9. The van der Waals surface area contributed by atoms with Gasteiger partial charge < -0.3 is 104 Å². The van der Waals surface area contributed by atoms with Gasteiger partial charge in [0, 0.05) is 29.8 Å². The lowest BCUT2D eigenvalue weighted by Gasteiger charge is -2.45. The summed E-state index contributed by atoms with van der Waals surface area (Å²) in [6.07, 6.45) is -29.8. The Morgan fingerprint density at radius 3 is 1.77 bits per heavy atom. The van der Waals surface area contributed by atoms with E-state index in [0.29, 0.717) is 5.56 Å². The number of hydrogen-bond donors (Lipinski definition) is 12. The SMILES string of the molecule is COc1cc(/C=C/C(=O)O[C@H]2[C@H](O[C@H]3[C@H](Oc4cc(O)c5c(=O)cc(-c6ccc(O[C@@H]7O[C@H](C(=O)O)[C@@H](O)[C@H](O)[C@H]7O)cc6)oc5c4)O[C@H](C(=O)O)[C@@H](O)[C@@H]3O)O[C@H](C(=O)O)[C@@H](O)[C@@H]2O)ccc1O. The molecule has 3 saturated heterocycles. The molecule has 3 aliphatic heterocycles. The number of carboxylic acid groups (broad SMARTS) is 3. The maximum absolute atomic E-state index is 13.3. The quantitative estimate of drug-likeness (QED) is 0.0463. The number of carbonyl (C=O) groups is 4. The second-order valence-electron chi connectivity index (χ2n) is 15.5. The zero-order chi connectivity index (χ0) is 50.2. The van der Waals surface area contributed by atoms with Crippen molar-refractivity contribution in [1.82, 2.24) is 0 Å². The fourth-order valence-corrected chi connectivity index (χ4v) is 7.42. The molecule has 1 aromatic heterocycles. The van der Waals surface area contributed by atoms with Crippen molar-refractivity contribution in [3.63, 3.8) is 0 Å². The molecule has 0 bridgehead atoms. The summed E-state index contributed by atoms with van der Waals surface area (Å²) < 4.78 is 49.3. The Labute approximate surface area is 385 Å². The van der Waals surface area contributed by atoms with Crippen molar-refractivity contribution in [2.75, 3.05) is 7.11 Å². The third-order valence-electron chi connectivity index (χ3n) is 11.0. The van der Waals surface area contributed by atoms with Crippen molar-refractivity contribution in [1.29, 1.82) is 0 Å². The maximum atomic E-state index is 13.3. The van der Waals surface area contributed by atoms with Crippen LogP contribution in [0.2, 0.25) is 0 Å². The Morgan fingerprint density at radius 2 is 1.16 bits per heavy atom. The van der Waals surface area contributed by atoms with Gasteiger partial charge in [-0.1, -0.05) is 6.07 Å². The van der Waals surface area contributed by atoms with Gasteiger partial charge in [0.25, 0.3) is 0 Å². The summed E-state index contributed by atoms with van der Waals surface area (Å²) in [6.45, 7) is 0. The molecule has 7 rings (SSSR count). The summed E-state index contributed by atoms with van der Waals surface area (Å²) in [4.78, 5) is 62.1. The van der Waals surface area contributed by atoms with E-state index in [1.165, 1.54) is 55.7 Å². The van der Waals surface area contributed by atoms with E-state index in [9.17, 15) is 85.3 Å². The van der Waals surface area contributed by atoms with Crippen molar-refractivity contribution >= 4 is 40.9 Å². The van der Waals surface area contributed by atoms with Crippen molar-refractivity contribution < 1.29 is 123 Å². The van der Waals surface area contributed by atoms with Crippen LogP contribution < -0.4 is 19.6 Å². The zero-order valence-corrected chi connectivity index (χ0v) is 35.2. The van der Waals surface area contributed by atoms with Gasteiger partial charge in [-0.15, -0.1) is 0 Å². The fraction of sp³-hybridized carbons (Fsp3) is 0.372. The van der Waals surface area contributed by atoms with E-state index in [1.54, 1.807) is 0 Å². The van der Waals surface area contributed by atoms with E-state index in [0.717, 1.165) is 24.3 Å². The molecule has 0 amide bonds. The van der Waals surface area contributed by atoms with Gasteiger partial charge in [0.1, 0.15) is 76.7 Å². The Bertz CT molecular complexity index is 2650. The second-order valence-corrected chi connectivity index (χ2v) is 15.5. The van der Waals surface area contributed by atoms with Gasteiger partial charge in [0.15, 0.2) is 53.7 Å². The number of phenolic OH excluding ortho intramolecular Hbond substituents is 2. The number of methoxy groups -OCH3 is 1. The van der Waals surface area contributed by atoms with E-state index in [-0.39, 0.29) is 34.2 Å². The standard InChI is InChI=1S/C43H42O26/c1-61-22-10-14(2-8-18(22)44)3-9-24(47)65-36-30(52)28(50)35(40(59)60)68-43(36)69-37-31(53)29(51)34(39(57)58)67-42(37)63-17-11-19(45)25-20(46)13-21(64-23(25)12-17)15-4-6-16(7-5-15)62-41-32(54)26(48)27(49)33(66-41)38(55)56/h2-13,26-37,41-45,48-54H,1H3,(H,55,56)(H,57,58)(H,59,60)/b9-3+/t26-,27-,28-,29-,30-,31-,32+,33-,34-,35-,36+,37+,41+,42+,43-/m0/s1. The number of hydrogen-bond acceptors (Lipinski definition) is 23. The summed E-state index contributed by atoms with van der Waals surface area (Å²) in [5.41, 5.74) is -0.682. The monoisotopic (exact) mass is 974 g/mol. The van der Waals surface area contributed by atoms with Crippen LogP contribution in [0.5, 0.6) is 28.7 Å². The van der Waals surface area contributed by atoms with E-state index in [4.69, 9.17) is 42.3 Å². The number of aliphatic carboxylic acids is 3. The van der Waals surface area contributed by atoms with Crippen molar-refractivity contribution in [2.45, 2.75) is 92.1 Å². The van der Waals surface area contributed by atoms with Gasteiger partial charge in [-0.05, 0) is 48.0 Å². The molecule has 370 valence electrons. The third kappa shape index (κ3) is 10.4. The lowest BCUT2D eigenvalue weighted by molar-refractivity contribution is -0.350. The van der Waals surface area contributed by atoms with Crippen molar-refractivity contribution in [3.05, 3.63) is 82.5 Å². The molecule has 15 atom stereocenters. The smallest absolute Gasteiger partial charge is 0.335 e. The highest BCUT2D eigenvalue weighted by Crippen LogP contribution is 2.36. The lowest BCUT2D eigenvalue weighted by Crippen LogP contribution is -2.66. The number of benzene rings is 3. The van der Waals surface area contributed by atoms with Gasteiger partial charge in [0.2, 0.25) is 12.6 Å². The molecule has 4 aromatic rings. The number of aromatic hydroxyl groups is 2. The minimum atomic E-state index is -2.32. The van der Waals surface area contributed by atoms with Crippen LogP contribution in [0, 0.1) is 0 Å². The van der Waals surface area contributed by atoms with Gasteiger partial charge >= 0.3 is 23.9 Å². The van der Waals surface area contributed by atoms with Crippen molar-refractivity contribution in [3.8, 4) is 40.1 Å². The summed E-state index contributed by atoms with van der Waals surface area (Å²) >= 11 is 0. The molecular weight excluding hydrogens is 932 g/mol. The molecule has 0 radical (unpaired) electrons. The summed E-state index contributed by atoms with van der Waals surface area (Å²) in [6, 6.07) is 12.1. The summed E-state index contributed by atoms with van der Waals surface area (Å²) in [7, 11) is 1.28. The molecule has 69 heavy (non-hydrogen) atoms. The maximum Gasteiger partial charge on any atom is 0.335 e. The van der Waals surface area contributed by atoms with Crippen LogP contribution >= 0.6 is 0 Å². The second kappa shape index (κ2) is 20.3. The van der Waals surface area contributed by atoms with E-state index in [2.05, 4.69) is 0 Å². The molecule has 3 fully saturated rings. The first-order valence-corrected chi connectivity index (χ1v) is 20.2. The summed E-state index contributed by atoms with van der Waals surface area (Å²) in [5, 5.41) is 123. The van der Waals surface area contributed by atoms with E-state index < -0.39 is 138 Å². The largest absolute Gasteiger partial charge is 0.507 e. The van der Waals surface area contributed by atoms with Crippen molar-refractivity contribution in [2.24, 2.45) is 0 Å². The highest BCUT2D eigenvalue weighted by atomic mass is 16.8. The number of esters is 1. The highest BCUT2D eigenvalue weighted by Gasteiger charge is 2.55. The van der Waals surface area contributed by atoms with Crippen LogP contribution in [0.25, 0.3) is 28.4 Å². The average molecular weight is 975 g/mol.